The van der Waals surface area contributed by atoms with Gasteiger partial charge in [0.2, 0.25) is 0 Å². The van der Waals surface area contributed by atoms with Crippen molar-refractivity contribution >= 4 is 17.1 Å². The van der Waals surface area contributed by atoms with Gasteiger partial charge < -0.3 is 10.1 Å². The average molecular weight is 358 g/mol. The summed E-state index contributed by atoms with van der Waals surface area (Å²) in [6, 6.07) is 24.1. The van der Waals surface area contributed by atoms with E-state index in [-0.39, 0.29) is 12.1 Å². The van der Waals surface area contributed by atoms with Gasteiger partial charge in [-0.05, 0) is 36.8 Å². The molecule has 6 heteroatoms. The molecule has 1 heterocycles. The second kappa shape index (κ2) is 7.29. The molecule has 1 N–H and O–H groups in total. The van der Waals surface area contributed by atoms with Crippen molar-refractivity contribution in [3.63, 3.8) is 0 Å². The molecule has 134 valence electrons. The summed E-state index contributed by atoms with van der Waals surface area (Å²) in [5, 5.41) is 11.0. The minimum atomic E-state index is -0.328. The van der Waals surface area contributed by atoms with Crippen molar-refractivity contribution in [2.75, 3.05) is 0 Å². The number of carbonyl (C=O) groups is 1. The van der Waals surface area contributed by atoms with Crippen LogP contribution >= 0.6 is 0 Å². The molecule has 1 unspecified atom stereocenters. The Morgan fingerprint density at radius 1 is 0.963 bits per heavy atom. The number of hydrogen-bond donors (Lipinski definition) is 1. The Morgan fingerprint density at radius 3 is 2.41 bits per heavy atom. The second-order valence-corrected chi connectivity index (χ2v) is 6.15. The van der Waals surface area contributed by atoms with Crippen molar-refractivity contribution in [3.05, 3.63) is 84.4 Å². The van der Waals surface area contributed by atoms with Gasteiger partial charge >= 0.3 is 6.03 Å². The first-order chi connectivity index (χ1) is 13.2. The average Bonchev–Trinajstić information content (AvgIpc) is 3.13. The molecular weight excluding hydrogens is 340 g/mol. The number of amides is 1. The summed E-state index contributed by atoms with van der Waals surface area (Å²) < 4.78 is 7.07. The highest BCUT2D eigenvalue weighted by atomic mass is 16.5. The predicted octanol–water partition coefficient (Wildman–Crippen LogP) is 4.54. The molecule has 0 saturated heterocycles. The number of para-hydroxylation sites is 1. The summed E-state index contributed by atoms with van der Waals surface area (Å²) in [6.07, 6.45) is 0. The van der Waals surface area contributed by atoms with Gasteiger partial charge in [0.15, 0.2) is 0 Å². The SMILES string of the molecule is CC(NC(=O)n1nnc2cc(Oc3ccccc3)ccc21)c1ccccc1. The number of fused-ring (bicyclic) bond motifs is 1. The Labute approximate surface area is 156 Å². The summed E-state index contributed by atoms with van der Waals surface area (Å²) in [7, 11) is 0. The molecule has 1 atom stereocenters. The molecule has 1 aromatic heterocycles. The summed E-state index contributed by atoms with van der Waals surface area (Å²) in [5.74, 6) is 1.37. The molecule has 0 aliphatic carbocycles. The van der Waals surface area contributed by atoms with E-state index in [0.29, 0.717) is 16.8 Å². The Hall–Kier alpha value is -3.67. The van der Waals surface area contributed by atoms with Gasteiger partial charge in [-0.25, -0.2) is 4.79 Å². The van der Waals surface area contributed by atoms with E-state index in [1.165, 1.54) is 4.68 Å². The van der Waals surface area contributed by atoms with Crippen molar-refractivity contribution in [1.82, 2.24) is 20.3 Å². The maximum Gasteiger partial charge on any atom is 0.344 e. The first-order valence-electron chi connectivity index (χ1n) is 8.65. The molecule has 27 heavy (non-hydrogen) atoms. The van der Waals surface area contributed by atoms with E-state index in [4.69, 9.17) is 4.74 Å². The highest BCUT2D eigenvalue weighted by Gasteiger charge is 2.15. The Bertz CT molecular complexity index is 1060. The van der Waals surface area contributed by atoms with Gasteiger partial charge in [-0.3, -0.25) is 0 Å². The van der Waals surface area contributed by atoms with Crippen LogP contribution in [0.4, 0.5) is 4.79 Å². The van der Waals surface area contributed by atoms with Gasteiger partial charge in [-0.1, -0.05) is 53.7 Å². The lowest BCUT2D eigenvalue weighted by molar-refractivity contribution is 0.237. The molecule has 4 aromatic rings. The number of aromatic nitrogens is 3. The number of benzene rings is 3. The van der Waals surface area contributed by atoms with Crippen LogP contribution in [0.15, 0.2) is 78.9 Å². The van der Waals surface area contributed by atoms with Crippen molar-refractivity contribution in [2.45, 2.75) is 13.0 Å². The van der Waals surface area contributed by atoms with Gasteiger partial charge in [0.25, 0.3) is 0 Å². The number of ether oxygens (including phenoxy) is 1. The third kappa shape index (κ3) is 3.64. The van der Waals surface area contributed by atoms with Gasteiger partial charge in [0, 0.05) is 6.07 Å². The summed E-state index contributed by atoms with van der Waals surface area (Å²) in [4.78, 5) is 12.6. The molecule has 0 fully saturated rings. The van der Waals surface area contributed by atoms with Crippen LogP contribution in [0.25, 0.3) is 11.0 Å². The van der Waals surface area contributed by atoms with Crippen molar-refractivity contribution in [1.29, 1.82) is 0 Å². The fourth-order valence-electron chi connectivity index (χ4n) is 2.81. The first-order valence-corrected chi connectivity index (χ1v) is 8.65. The van der Waals surface area contributed by atoms with Crippen LogP contribution in [0, 0.1) is 0 Å². The quantitative estimate of drug-likeness (QED) is 0.581. The van der Waals surface area contributed by atoms with Gasteiger partial charge in [-0.2, -0.15) is 4.68 Å². The lowest BCUT2D eigenvalue weighted by Gasteiger charge is -2.14. The van der Waals surface area contributed by atoms with E-state index in [1.807, 2.05) is 67.6 Å². The van der Waals surface area contributed by atoms with E-state index in [2.05, 4.69) is 15.6 Å². The van der Waals surface area contributed by atoms with E-state index in [9.17, 15) is 4.79 Å². The maximum atomic E-state index is 12.6. The number of rotatable bonds is 4. The Kier molecular flexibility index (Phi) is 4.53. The fraction of sp³-hybridized carbons (Fsp3) is 0.0952. The molecule has 0 aliphatic rings. The monoisotopic (exact) mass is 358 g/mol. The number of nitrogens with zero attached hydrogens (tertiary/aromatic N) is 3. The van der Waals surface area contributed by atoms with Crippen molar-refractivity contribution < 1.29 is 9.53 Å². The lowest BCUT2D eigenvalue weighted by atomic mass is 10.1. The fourth-order valence-corrected chi connectivity index (χ4v) is 2.81. The van der Waals surface area contributed by atoms with Crippen LogP contribution in [0.5, 0.6) is 11.5 Å². The summed E-state index contributed by atoms with van der Waals surface area (Å²) >= 11 is 0. The Balaban J connectivity index is 1.53. The van der Waals surface area contributed by atoms with Crippen molar-refractivity contribution in [2.24, 2.45) is 0 Å². The molecule has 4 rings (SSSR count). The molecule has 0 aliphatic heterocycles. The van der Waals surface area contributed by atoms with Crippen LogP contribution in [0.3, 0.4) is 0 Å². The molecule has 0 spiro atoms. The van der Waals surface area contributed by atoms with Gasteiger partial charge in [0.1, 0.15) is 17.0 Å². The minimum Gasteiger partial charge on any atom is -0.457 e. The van der Waals surface area contributed by atoms with E-state index in [1.54, 1.807) is 18.2 Å². The van der Waals surface area contributed by atoms with Crippen molar-refractivity contribution in [3.8, 4) is 11.5 Å². The highest BCUT2D eigenvalue weighted by molar-refractivity contribution is 5.88. The molecule has 0 bridgehead atoms. The Morgan fingerprint density at radius 2 is 1.67 bits per heavy atom. The second-order valence-electron chi connectivity index (χ2n) is 6.15. The predicted molar refractivity (Wildman–Crippen MR) is 103 cm³/mol. The standard InChI is InChI=1S/C21H18N4O2/c1-15(16-8-4-2-5-9-16)22-21(26)25-20-13-12-18(14-19(20)23-24-25)27-17-10-6-3-7-11-17/h2-15H,1H3,(H,22,26). The van der Waals surface area contributed by atoms with E-state index < -0.39 is 0 Å². The lowest BCUT2D eigenvalue weighted by Crippen LogP contribution is -2.31. The topological polar surface area (TPSA) is 69.0 Å². The molecular formula is C21H18N4O2. The largest absolute Gasteiger partial charge is 0.457 e. The summed E-state index contributed by atoms with van der Waals surface area (Å²) in [6.45, 7) is 1.93. The van der Waals surface area contributed by atoms with Crippen LogP contribution in [0.1, 0.15) is 18.5 Å². The van der Waals surface area contributed by atoms with Crippen LogP contribution in [-0.2, 0) is 0 Å². The molecule has 1 amide bonds. The maximum absolute atomic E-state index is 12.6. The normalized spacial score (nSPS) is 11.9. The third-order valence-electron chi connectivity index (χ3n) is 4.23. The van der Waals surface area contributed by atoms with E-state index >= 15 is 0 Å². The molecule has 3 aromatic carbocycles. The zero-order chi connectivity index (χ0) is 18.6. The smallest absolute Gasteiger partial charge is 0.344 e. The molecule has 6 nitrogen and oxygen atoms in total. The zero-order valence-electron chi connectivity index (χ0n) is 14.7. The zero-order valence-corrected chi connectivity index (χ0v) is 14.7. The molecule has 0 radical (unpaired) electrons. The minimum absolute atomic E-state index is 0.140. The molecule has 0 saturated carbocycles. The van der Waals surface area contributed by atoms with E-state index in [0.717, 1.165) is 11.3 Å². The highest BCUT2D eigenvalue weighted by Crippen LogP contribution is 2.24. The number of carbonyl (C=O) groups excluding carboxylic acids is 1. The first kappa shape index (κ1) is 16.8. The third-order valence-corrected chi connectivity index (χ3v) is 4.23. The van der Waals surface area contributed by atoms with Crippen LogP contribution in [0.2, 0.25) is 0 Å². The number of nitrogens with one attached hydrogen (secondary N) is 1. The summed E-state index contributed by atoms with van der Waals surface area (Å²) in [5.41, 5.74) is 2.23. The van der Waals surface area contributed by atoms with Gasteiger partial charge in [-0.15, -0.1) is 5.10 Å². The van der Waals surface area contributed by atoms with Crippen LogP contribution in [-0.4, -0.2) is 21.0 Å². The number of hydrogen-bond acceptors (Lipinski definition) is 4. The van der Waals surface area contributed by atoms with Gasteiger partial charge in [0.05, 0.1) is 11.6 Å². The van der Waals surface area contributed by atoms with Crippen LogP contribution < -0.4 is 10.1 Å².